The first kappa shape index (κ1) is 15.8. The molecule has 2 aromatic carbocycles. The molecule has 0 saturated carbocycles. The summed E-state index contributed by atoms with van der Waals surface area (Å²) in [5.74, 6) is 0.916. The Morgan fingerprint density at radius 1 is 1.05 bits per heavy atom. The quantitative estimate of drug-likeness (QED) is 0.808. The van der Waals surface area contributed by atoms with Gasteiger partial charge in [0.15, 0.2) is 0 Å². The molecule has 0 bridgehead atoms. The fraction of sp³-hybridized carbons (Fsp3) is 0.444. The van der Waals surface area contributed by atoms with Crippen molar-refractivity contribution in [2.24, 2.45) is 0 Å². The Labute approximate surface area is 127 Å². The summed E-state index contributed by atoms with van der Waals surface area (Å²) in [6.45, 7) is 7.05. The standard InChI is InChI=1S/C18H25NO2/c1-15(2)19(10-5-12-20)11-13-21-18-9-8-16-6-3-4-7-17(16)14-18/h3-4,6-9,14-15,20H,5,10-13H2,1-2H3. The van der Waals surface area contributed by atoms with Crippen LogP contribution in [0.3, 0.4) is 0 Å². The maximum absolute atomic E-state index is 8.94. The predicted molar refractivity (Wildman–Crippen MR) is 87.9 cm³/mol. The van der Waals surface area contributed by atoms with Gasteiger partial charge in [-0.25, -0.2) is 0 Å². The Balaban J connectivity index is 1.88. The lowest BCUT2D eigenvalue weighted by molar-refractivity contribution is 0.160. The van der Waals surface area contributed by atoms with Gasteiger partial charge in [0, 0.05) is 25.7 Å². The van der Waals surface area contributed by atoms with Gasteiger partial charge in [0.25, 0.3) is 0 Å². The molecule has 0 aliphatic rings. The Hall–Kier alpha value is -1.58. The average molecular weight is 287 g/mol. The summed E-state index contributed by atoms with van der Waals surface area (Å²) >= 11 is 0. The summed E-state index contributed by atoms with van der Waals surface area (Å²) in [7, 11) is 0. The summed E-state index contributed by atoms with van der Waals surface area (Å²) in [4.78, 5) is 2.33. The molecule has 0 aliphatic heterocycles. The van der Waals surface area contributed by atoms with E-state index in [9.17, 15) is 0 Å². The van der Waals surface area contributed by atoms with Crippen LogP contribution in [-0.2, 0) is 0 Å². The first-order valence-electron chi connectivity index (χ1n) is 7.67. The van der Waals surface area contributed by atoms with Crippen molar-refractivity contribution in [2.45, 2.75) is 26.3 Å². The zero-order valence-corrected chi connectivity index (χ0v) is 13.0. The number of aliphatic hydroxyl groups is 1. The molecule has 0 saturated heterocycles. The zero-order valence-electron chi connectivity index (χ0n) is 13.0. The first-order valence-corrected chi connectivity index (χ1v) is 7.67. The van der Waals surface area contributed by atoms with Crippen molar-refractivity contribution < 1.29 is 9.84 Å². The molecule has 0 aliphatic carbocycles. The van der Waals surface area contributed by atoms with E-state index in [0.717, 1.165) is 25.3 Å². The molecule has 1 N–H and O–H groups in total. The Kier molecular flexibility index (Phi) is 6.03. The van der Waals surface area contributed by atoms with Gasteiger partial charge in [0.05, 0.1) is 0 Å². The van der Waals surface area contributed by atoms with Crippen molar-refractivity contribution in [3.63, 3.8) is 0 Å². The lowest BCUT2D eigenvalue weighted by Crippen LogP contribution is -2.35. The van der Waals surface area contributed by atoms with Crippen LogP contribution in [0.2, 0.25) is 0 Å². The van der Waals surface area contributed by atoms with Crippen LogP contribution in [0.25, 0.3) is 10.8 Å². The number of nitrogens with zero attached hydrogens (tertiary/aromatic N) is 1. The van der Waals surface area contributed by atoms with Gasteiger partial charge in [-0.1, -0.05) is 30.3 Å². The second-order valence-corrected chi connectivity index (χ2v) is 5.56. The third-order valence-electron chi connectivity index (χ3n) is 3.70. The summed E-state index contributed by atoms with van der Waals surface area (Å²) in [6, 6.07) is 15.0. The number of rotatable bonds is 8. The fourth-order valence-corrected chi connectivity index (χ4v) is 2.44. The molecule has 2 aromatic rings. The van der Waals surface area contributed by atoms with Gasteiger partial charge in [0.1, 0.15) is 12.4 Å². The smallest absolute Gasteiger partial charge is 0.120 e. The highest BCUT2D eigenvalue weighted by atomic mass is 16.5. The molecule has 0 fully saturated rings. The van der Waals surface area contributed by atoms with Gasteiger partial charge in [-0.15, -0.1) is 0 Å². The molecule has 0 atom stereocenters. The highest BCUT2D eigenvalue weighted by Crippen LogP contribution is 2.20. The largest absolute Gasteiger partial charge is 0.492 e. The summed E-state index contributed by atoms with van der Waals surface area (Å²) in [5, 5.41) is 11.4. The third kappa shape index (κ3) is 4.73. The molecule has 21 heavy (non-hydrogen) atoms. The minimum Gasteiger partial charge on any atom is -0.492 e. The Morgan fingerprint density at radius 2 is 1.81 bits per heavy atom. The molecule has 0 radical (unpaired) electrons. The summed E-state index contributed by atoms with van der Waals surface area (Å²) in [5.41, 5.74) is 0. The highest BCUT2D eigenvalue weighted by molar-refractivity contribution is 5.83. The SMILES string of the molecule is CC(C)N(CCCO)CCOc1ccc2ccccc2c1. The van der Waals surface area contributed by atoms with Gasteiger partial charge in [-0.05, 0) is 43.2 Å². The van der Waals surface area contributed by atoms with E-state index in [2.05, 4.69) is 43.0 Å². The van der Waals surface area contributed by atoms with Crippen LogP contribution in [0.15, 0.2) is 42.5 Å². The van der Waals surface area contributed by atoms with Crippen molar-refractivity contribution in [3.8, 4) is 5.75 Å². The van der Waals surface area contributed by atoms with Crippen LogP contribution < -0.4 is 4.74 Å². The van der Waals surface area contributed by atoms with E-state index < -0.39 is 0 Å². The molecular weight excluding hydrogens is 262 g/mol. The molecule has 114 valence electrons. The van der Waals surface area contributed by atoms with Crippen LogP contribution in [0.4, 0.5) is 0 Å². The fourth-order valence-electron chi connectivity index (χ4n) is 2.44. The van der Waals surface area contributed by atoms with Crippen molar-refractivity contribution in [2.75, 3.05) is 26.3 Å². The molecule has 0 unspecified atom stereocenters. The number of fused-ring (bicyclic) bond motifs is 1. The van der Waals surface area contributed by atoms with Crippen molar-refractivity contribution >= 4 is 10.8 Å². The van der Waals surface area contributed by atoms with Gasteiger partial charge in [0.2, 0.25) is 0 Å². The van der Waals surface area contributed by atoms with Crippen LogP contribution in [-0.4, -0.2) is 42.4 Å². The molecule has 3 nitrogen and oxygen atoms in total. The van der Waals surface area contributed by atoms with Crippen LogP contribution >= 0.6 is 0 Å². The second-order valence-electron chi connectivity index (χ2n) is 5.56. The first-order chi connectivity index (χ1) is 10.2. The molecule has 0 spiro atoms. The van der Waals surface area contributed by atoms with E-state index in [0.29, 0.717) is 12.6 Å². The van der Waals surface area contributed by atoms with Crippen molar-refractivity contribution in [3.05, 3.63) is 42.5 Å². The Bertz CT molecular complexity index is 554. The van der Waals surface area contributed by atoms with Gasteiger partial charge < -0.3 is 9.84 Å². The molecule has 0 aromatic heterocycles. The average Bonchev–Trinajstić information content (AvgIpc) is 2.50. The topological polar surface area (TPSA) is 32.7 Å². The normalized spacial score (nSPS) is 11.5. The molecular formula is C18H25NO2. The number of benzene rings is 2. The summed E-state index contributed by atoms with van der Waals surface area (Å²) in [6.07, 6.45) is 0.814. The minimum atomic E-state index is 0.245. The van der Waals surface area contributed by atoms with E-state index in [1.165, 1.54) is 10.8 Å². The number of hydrogen-bond donors (Lipinski definition) is 1. The summed E-state index contributed by atoms with van der Waals surface area (Å²) < 4.78 is 5.87. The van der Waals surface area contributed by atoms with Gasteiger partial charge >= 0.3 is 0 Å². The second kappa shape index (κ2) is 8.01. The van der Waals surface area contributed by atoms with Crippen LogP contribution in [0.1, 0.15) is 20.3 Å². The highest BCUT2D eigenvalue weighted by Gasteiger charge is 2.08. The van der Waals surface area contributed by atoms with E-state index >= 15 is 0 Å². The predicted octanol–water partition coefficient (Wildman–Crippen LogP) is 3.31. The van der Waals surface area contributed by atoms with Crippen LogP contribution in [0, 0.1) is 0 Å². The zero-order chi connectivity index (χ0) is 15.1. The maximum atomic E-state index is 8.94. The van der Waals surface area contributed by atoms with E-state index in [1.807, 2.05) is 18.2 Å². The maximum Gasteiger partial charge on any atom is 0.120 e. The molecule has 3 heteroatoms. The number of hydrogen-bond acceptors (Lipinski definition) is 3. The lowest BCUT2D eigenvalue weighted by atomic mass is 10.1. The van der Waals surface area contributed by atoms with Crippen molar-refractivity contribution in [1.82, 2.24) is 4.90 Å². The number of ether oxygens (including phenoxy) is 1. The van der Waals surface area contributed by atoms with Gasteiger partial charge in [-0.2, -0.15) is 0 Å². The van der Waals surface area contributed by atoms with E-state index in [-0.39, 0.29) is 6.61 Å². The molecule has 2 rings (SSSR count). The molecule has 0 heterocycles. The van der Waals surface area contributed by atoms with E-state index in [4.69, 9.17) is 9.84 Å². The molecule has 0 amide bonds. The Morgan fingerprint density at radius 3 is 2.52 bits per heavy atom. The van der Waals surface area contributed by atoms with Gasteiger partial charge in [-0.3, -0.25) is 4.90 Å². The lowest BCUT2D eigenvalue weighted by Gasteiger charge is -2.26. The van der Waals surface area contributed by atoms with Crippen LogP contribution in [0.5, 0.6) is 5.75 Å². The third-order valence-corrected chi connectivity index (χ3v) is 3.70. The van der Waals surface area contributed by atoms with E-state index in [1.54, 1.807) is 0 Å². The minimum absolute atomic E-state index is 0.245. The monoisotopic (exact) mass is 287 g/mol. The van der Waals surface area contributed by atoms with Crippen molar-refractivity contribution in [1.29, 1.82) is 0 Å². The number of aliphatic hydroxyl groups excluding tert-OH is 1.